The minimum atomic E-state index is -0.796. The number of nitriles is 1. The van der Waals surface area contributed by atoms with Gasteiger partial charge in [0.2, 0.25) is 0 Å². The van der Waals surface area contributed by atoms with Crippen molar-refractivity contribution in [2.45, 2.75) is 32.2 Å². The Hall–Kier alpha value is -2.66. The molecular formula is C18H22N4O4. The maximum atomic E-state index is 12.8. The fourth-order valence-electron chi connectivity index (χ4n) is 4.24. The number of aromatic nitrogens is 1. The maximum Gasteiger partial charge on any atom is 0.320 e. The van der Waals surface area contributed by atoms with Crippen LogP contribution in [0.25, 0.3) is 0 Å². The highest BCUT2D eigenvalue weighted by Gasteiger charge is 2.47. The van der Waals surface area contributed by atoms with Gasteiger partial charge in [-0.05, 0) is 44.2 Å². The van der Waals surface area contributed by atoms with E-state index >= 15 is 0 Å². The third-order valence-electron chi connectivity index (χ3n) is 5.84. The number of piperidine rings is 1. The Morgan fingerprint density at radius 2 is 2.04 bits per heavy atom. The van der Waals surface area contributed by atoms with E-state index in [1.807, 2.05) is 18.0 Å². The predicted molar refractivity (Wildman–Crippen MR) is 92.8 cm³/mol. The summed E-state index contributed by atoms with van der Waals surface area (Å²) in [4.78, 5) is 41.9. The Morgan fingerprint density at radius 3 is 2.58 bits per heavy atom. The number of carboxylic acid groups (broad SMARTS) is 1. The number of nitrogens with one attached hydrogen (secondary N) is 1. The summed E-state index contributed by atoms with van der Waals surface area (Å²) in [6.45, 7) is 3.41. The molecule has 2 fully saturated rings. The molecule has 0 radical (unpaired) electrons. The van der Waals surface area contributed by atoms with E-state index in [2.05, 4.69) is 4.98 Å². The fraction of sp³-hybridized carbons (Fsp3) is 0.556. The van der Waals surface area contributed by atoms with E-state index < -0.39 is 17.6 Å². The number of rotatable bonds is 2. The van der Waals surface area contributed by atoms with Crippen LogP contribution in [0, 0.1) is 23.7 Å². The van der Waals surface area contributed by atoms with Crippen molar-refractivity contribution in [1.82, 2.24) is 14.8 Å². The lowest BCUT2D eigenvalue weighted by molar-refractivity contribution is -0.141. The van der Waals surface area contributed by atoms with Gasteiger partial charge < -0.3 is 15.0 Å². The first-order chi connectivity index (χ1) is 12.3. The SMILES string of the molecule is Cc1c(C(=O)N2CCC3(CC2)C[C@H](C(=O)O)N(C)C3)c[nH]c(=O)c1C#N. The van der Waals surface area contributed by atoms with Crippen LogP contribution in [-0.2, 0) is 4.79 Å². The Balaban J connectivity index is 1.73. The van der Waals surface area contributed by atoms with Crippen LogP contribution in [-0.4, -0.2) is 64.5 Å². The van der Waals surface area contributed by atoms with Crippen LogP contribution in [0.1, 0.15) is 40.7 Å². The second-order valence-electron chi connectivity index (χ2n) is 7.41. The van der Waals surface area contributed by atoms with Crippen LogP contribution >= 0.6 is 0 Å². The van der Waals surface area contributed by atoms with Crippen molar-refractivity contribution in [3.8, 4) is 6.07 Å². The summed E-state index contributed by atoms with van der Waals surface area (Å²) in [7, 11) is 1.83. The molecule has 3 heterocycles. The fourth-order valence-corrected chi connectivity index (χ4v) is 4.24. The monoisotopic (exact) mass is 358 g/mol. The number of nitrogens with zero attached hydrogens (tertiary/aromatic N) is 3. The maximum absolute atomic E-state index is 12.8. The van der Waals surface area contributed by atoms with Gasteiger partial charge in [0, 0.05) is 25.8 Å². The van der Waals surface area contributed by atoms with Gasteiger partial charge in [0.25, 0.3) is 11.5 Å². The van der Waals surface area contributed by atoms with Crippen molar-refractivity contribution in [2.75, 3.05) is 26.7 Å². The number of H-pyrrole nitrogens is 1. The third-order valence-corrected chi connectivity index (χ3v) is 5.84. The van der Waals surface area contributed by atoms with Crippen LogP contribution in [0.4, 0.5) is 0 Å². The average molecular weight is 358 g/mol. The number of aliphatic carboxylic acids is 1. The number of carboxylic acids is 1. The minimum absolute atomic E-state index is 0.0361. The standard InChI is InChI=1S/C18H22N4O4/c1-11-12(8-19)15(23)20-9-13(11)16(24)22-5-3-18(4-6-22)7-14(17(25)26)21(2)10-18/h9,14H,3-7,10H2,1-2H3,(H,20,23)(H,25,26)/t14-/m1/s1. The molecule has 138 valence electrons. The summed E-state index contributed by atoms with van der Waals surface area (Å²) in [6, 6.07) is 1.38. The molecule has 0 aliphatic carbocycles. The van der Waals surface area contributed by atoms with Gasteiger partial charge in [-0.25, -0.2) is 0 Å². The Morgan fingerprint density at radius 1 is 1.38 bits per heavy atom. The summed E-state index contributed by atoms with van der Waals surface area (Å²) < 4.78 is 0. The summed E-state index contributed by atoms with van der Waals surface area (Å²) in [5.41, 5.74) is 0.142. The number of likely N-dealkylation sites (N-methyl/N-ethyl adjacent to an activating group) is 1. The van der Waals surface area contributed by atoms with E-state index in [9.17, 15) is 19.5 Å². The van der Waals surface area contributed by atoms with Crippen molar-refractivity contribution in [1.29, 1.82) is 5.26 Å². The largest absolute Gasteiger partial charge is 0.480 e. The van der Waals surface area contributed by atoms with Crippen molar-refractivity contribution < 1.29 is 14.7 Å². The van der Waals surface area contributed by atoms with Gasteiger partial charge >= 0.3 is 5.97 Å². The second-order valence-corrected chi connectivity index (χ2v) is 7.41. The summed E-state index contributed by atoms with van der Waals surface area (Å²) in [5, 5.41) is 18.4. The van der Waals surface area contributed by atoms with E-state index in [1.165, 1.54) is 6.20 Å². The van der Waals surface area contributed by atoms with Crippen LogP contribution in [0.15, 0.2) is 11.0 Å². The van der Waals surface area contributed by atoms with Gasteiger partial charge in [-0.1, -0.05) is 0 Å². The number of aromatic amines is 1. The normalized spacial score (nSPS) is 22.3. The molecule has 1 atom stereocenters. The van der Waals surface area contributed by atoms with Gasteiger partial charge in [0.05, 0.1) is 5.56 Å². The number of likely N-dealkylation sites (tertiary alicyclic amines) is 2. The highest BCUT2D eigenvalue weighted by atomic mass is 16.4. The van der Waals surface area contributed by atoms with E-state index in [-0.39, 0.29) is 16.9 Å². The van der Waals surface area contributed by atoms with Crippen LogP contribution in [0.3, 0.4) is 0 Å². The molecule has 8 heteroatoms. The first-order valence-corrected chi connectivity index (χ1v) is 8.63. The molecule has 2 saturated heterocycles. The first-order valence-electron chi connectivity index (χ1n) is 8.63. The lowest BCUT2D eigenvalue weighted by Gasteiger charge is -2.39. The molecule has 3 rings (SSSR count). The molecule has 0 saturated carbocycles. The average Bonchev–Trinajstić information content (AvgIpc) is 2.92. The zero-order valence-electron chi connectivity index (χ0n) is 14.9. The highest BCUT2D eigenvalue weighted by Crippen LogP contribution is 2.43. The number of pyridine rings is 1. The van der Waals surface area contributed by atoms with E-state index in [1.54, 1.807) is 11.8 Å². The second kappa shape index (κ2) is 6.57. The Bertz CT molecular complexity index is 846. The van der Waals surface area contributed by atoms with Crippen LogP contribution in [0.2, 0.25) is 0 Å². The first kappa shape index (κ1) is 18.1. The van der Waals surface area contributed by atoms with Gasteiger partial charge in [0.1, 0.15) is 17.7 Å². The quantitative estimate of drug-likeness (QED) is 0.798. The Kier molecular flexibility index (Phi) is 4.59. The molecule has 2 aliphatic rings. The number of hydrogen-bond acceptors (Lipinski definition) is 5. The van der Waals surface area contributed by atoms with Crippen LogP contribution < -0.4 is 5.56 Å². The number of amides is 1. The highest BCUT2D eigenvalue weighted by molar-refractivity contribution is 5.95. The molecular weight excluding hydrogens is 336 g/mol. The minimum Gasteiger partial charge on any atom is -0.480 e. The summed E-state index contributed by atoms with van der Waals surface area (Å²) in [5.74, 6) is -0.998. The van der Waals surface area contributed by atoms with E-state index in [0.29, 0.717) is 30.6 Å². The lowest BCUT2D eigenvalue weighted by Crippen LogP contribution is -2.44. The molecule has 26 heavy (non-hydrogen) atoms. The molecule has 1 aromatic rings. The molecule has 0 aromatic carbocycles. The van der Waals surface area contributed by atoms with E-state index in [4.69, 9.17) is 5.26 Å². The zero-order chi connectivity index (χ0) is 19.1. The molecule has 2 N–H and O–H groups in total. The lowest BCUT2D eigenvalue weighted by atomic mass is 9.76. The number of carbonyl (C=O) groups excluding carboxylic acids is 1. The van der Waals surface area contributed by atoms with Gasteiger partial charge in [-0.2, -0.15) is 5.26 Å². The Labute approximate surface area is 151 Å². The topological polar surface area (TPSA) is 118 Å². The number of hydrogen-bond donors (Lipinski definition) is 2. The predicted octanol–water partition coefficient (Wildman–Crippen LogP) is 0.566. The molecule has 8 nitrogen and oxygen atoms in total. The van der Waals surface area contributed by atoms with Crippen LogP contribution in [0.5, 0.6) is 0 Å². The van der Waals surface area contributed by atoms with Crippen molar-refractivity contribution in [2.24, 2.45) is 5.41 Å². The van der Waals surface area contributed by atoms with E-state index in [0.717, 1.165) is 19.4 Å². The summed E-state index contributed by atoms with van der Waals surface area (Å²) >= 11 is 0. The third kappa shape index (κ3) is 2.99. The molecule has 0 unspecified atom stereocenters. The molecule has 1 aromatic heterocycles. The van der Waals surface area contributed by atoms with Gasteiger partial charge in [-0.3, -0.25) is 19.3 Å². The molecule has 2 aliphatic heterocycles. The zero-order valence-corrected chi connectivity index (χ0v) is 14.9. The smallest absolute Gasteiger partial charge is 0.320 e. The molecule has 1 spiro atoms. The molecule has 1 amide bonds. The van der Waals surface area contributed by atoms with Gasteiger partial charge in [0.15, 0.2) is 0 Å². The summed E-state index contributed by atoms with van der Waals surface area (Å²) in [6.07, 6.45) is 3.48. The van der Waals surface area contributed by atoms with Gasteiger partial charge in [-0.15, -0.1) is 0 Å². The van der Waals surface area contributed by atoms with Crippen molar-refractivity contribution >= 4 is 11.9 Å². The number of carbonyl (C=O) groups is 2. The van der Waals surface area contributed by atoms with Crippen molar-refractivity contribution in [3.63, 3.8) is 0 Å². The van der Waals surface area contributed by atoms with Crippen molar-refractivity contribution in [3.05, 3.63) is 33.2 Å². The molecule has 0 bridgehead atoms.